The highest BCUT2D eigenvalue weighted by Gasteiger charge is 2.31. The number of ether oxygens (including phenoxy) is 2. The molecule has 0 aromatic heterocycles. The van der Waals surface area contributed by atoms with Crippen molar-refractivity contribution in [3.8, 4) is 11.5 Å². The molecule has 0 saturated heterocycles. The van der Waals surface area contributed by atoms with Gasteiger partial charge in [0.2, 0.25) is 0 Å². The van der Waals surface area contributed by atoms with Crippen LogP contribution < -0.4 is 19.7 Å². The second-order valence-electron chi connectivity index (χ2n) is 5.46. The minimum Gasteiger partial charge on any atom is -0.435 e. The summed E-state index contributed by atoms with van der Waals surface area (Å²) >= 11 is 0. The Morgan fingerprint density at radius 2 is 1.73 bits per heavy atom. The molecule has 0 radical (unpaired) electrons. The number of carbonyl (C=O) groups is 1. The summed E-state index contributed by atoms with van der Waals surface area (Å²) in [5.74, 6) is -1.08. The van der Waals surface area contributed by atoms with E-state index in [0.717, 1.165) is 6.07 Å². The normalized spacial score (nSPS) is 16.5. The van der Waals surface area contributed by atoms with Crippen LogP contribution in [0.25, 0.3) is 0 Å². The molecule has 1 aliphatic rings. The molecule has 1 N–H and O–H groups in total. The fraction of sp³-hybridized carbons (Fsp3) is 0.235. The molecule has 2 aromatic rings. The largest absolute Gasteiger partial charge is 0.435 e. The van der Waals surface area contributed by atoms with Gasteiger partial charge < -0.3 is 19.7 Å². The van der Waals surface area contributed by atoms with Crippen LogP contribution in [0, 0.1) is 0 Å². The van der Waals surface area contributed by atoms with E-state index in [4.69, 9.17) is 0 Å². The second kappa shape index (κ2) is 7.11. The van der Waals surface area contributed by atoms with Crippen LogP contribution in [0.15, 0.2) is 42.5 Å². The zero-order valence-electron chi connectivity index (χ0n) is 13.5. The highest BCUT2D eigenvalue weighted by molar-refractivity contribution is 6.02. The molecule has 1 atom stereocenters. The molecule has 1 amide bonds. The van der Waals surface area contributed by atoms with E-state index < -0.39 is 19.4 Å². The number of anilines is 1. The van der Waals surface area contributed by atoms with Crippen molar-refractivity contribution in [2.75, 3.05) is 11.9 Å². The van der Waals surface area contributed by atoms with Gasteiger partial charge in [-0.25, -0.2) is 0 Å². The van der Waals surface area contributed by atoms with E-state index in [2.05, 4.69) is 14.8 Å². The van der Waals surface area contributed by atoms with Gasteiger partial charge in [-0.2, -0.15) is 17.6 Å². The van der Waals surface area contributed by atoms with E-state index >= 15 is 0 Å². The smallest absolute Gasteiger partial charge is 0.387 e. The standard InChI is InChI=1S/C17H14F4N2O3/c1-23-12-5-3-2-4-10(12)15(24)22-14(23)11-7-6-9(25-16(18)19)8-13(11)26-17(20)21/h2-8,14,16-17H,1H3,(H,22,24). The maximum Gasteiger partial charge on any atom is 0.387 e. The van der Waals surface area contributed by atoms with Crippen molar-refractivity contribution in [2.45, 2.75) is 19.4 Å². The maximum absolute atomic E-state index is 12.8. The van der Waals surface area contributed by atoms with Crippen molar-refractivity contribution in [3.05, 3.63) is 53.6 Å². The highest BCUT2D eigenvalue weighted by atomic mass is 19.3. The maximum atomic E-state index is 12.8. The Balaban J connectivity index is 2.01. The van der Waals surface area contributed by atoms with Gasteiger partial charge in [-0.1, -0.05) is 12.1 Å². The summed E-state index contributed by atoms with van der Waals surface area (Å²) in [4.78, 5) is 14.0. The topological polar surface area (TPSA) is 50.8 Å². The van der Waals surface area contributed by atoms with Crippen molar-refractivity contribution in [2.24, 2.45) is 0 Å². The summed E-state index contributed by atoms with van der Waals surface area (Å²) in [7, 11) is 1.67. The third kappa shape index (κ3) is 3.51. The molecule has 0 aliphatic carbocycles. The second-order valence-corrected chi connectivity index (χ2v) is 5.46. The quantitative estimate of drug-likeness (QED) is 0.815. The lowest BCUT2D eigenvalue weighted by molar-refractivity contribution is -0.0548. The Labute approximate surface area is 146 Å². The van der Waals surface area contributed by atoms with Gasteiger partial charge in [0, 0.05) is 18.7 Å². The Bertz CT molecular complexity index is 816. The average molecular weight is 370 g/mol. The lowest BCUT2D eigenvalue weighted by Crippen LogP contribution is -2.44. The van der Waals surface area contributed by atoms with Crippen molar-refractivity contribution in [1.29, 1.82) is 0 Å². The minimum absolute atomic E-state index is 0.178. The number of para-hydroxylation sites is 1. The summed E-state index contributed by atoms with van der Waals surface area (Å²) < 4.78 is 58.9. The number of halogens is 4. The highest BCUT2D eigenvalue weighted by Crippen LogP contribution is 2.37. The van der Waals surface area contributed by atoms with E-state index in [9.17, 15) is 22.4 Å². The van der Waals surface area contributed by atoms with Gasteiger partial charge in [-0.3, -0.25) is 4.79 Å². The van der Waals surface area contributed by atoms with E-state index in [1.54, 1.807) is 36.2 Å². The first-order chi connectivity index (χ1) is 12.4. The van der Waals surface area contributed by atoms with Gasteiger partial charge in [-0.05, 0) is 24.3 Å². The van der Waals surface area contributed by atoms with Gasteiger partial charge in [0.1, 0.15) is 17.7 Å². The Hall–Kier alpha value is -2.97. The lowest BCUT2D eigenvalue weighted by Gasteiger charge is -2.37. The number of nitrogens with one attached hydrogen (secondary N) is 1. The Kier molecular flexibility index (Phi) is 4.88. The van der Waals surface area contributed by atoms with Gasteiger partial charge >= 0.3 is 13.2 Å². The number of nitrogens with zero attached hydrogens (tertiary/aromatic N) is 1. The number of fused-ring (bicyclic) bond motifs is 1. The molecule has 2 aromatic carbocycles. The number of benzene rings is 2. The minimum atomic E-state index is -3.17. The van der Waals surface area contributed by atoms with Gasteiger partial charge in [0.05, 0.1) is 11.3 Å². The summed E-state index contributed by atoms with van der Waals surface area (Å²) in [6, 6.07) is 10.2. The molecule has 0 saturated carbocycles. The monoisotopic (exact) mass is 370 g/mol. The average Bonchev–Trinajstić information content (AvgIpc) is 2.58. The number of alkyl halides is 4. The van der Waals surface area contributed by atoms with E-state index in [1.165, 1.54) is 12.1 Å². The molecule has 9 heteroatoms. The fourth-order valence-electron chi connectivity index (χ4n) is 2.81. The van der Waals surface area contributed by atoms with Crippen LogP contribution in [-0.4, -0.2) is 26.2 Å². The van der Waals surface area contributed by atoms with Crippen LogP contribution >= 0.6 is 0 Å². The van der Waals surface area contributed by atoms with Crippen LogP contribution in [0.2, 0.25) is 0 Å². The number of hydrogen-bond donors (Lipinski definition) is 1. The van der Waals surface area contributed by atoms with Crippen LogP contribution in [-0.2, 0) is 0 Å². The molecule has 1 aliphatic heterocycles. The molecule has 3 rings (SSSR count). The molecule has 5 nitrogen and oxygen atoms in total. The SMILES string of the molecule is CN1c2ccccc2C(=O)NC1c1ccc(OC(F)F)cc1OC(F)F. The van der Waals surface area contributed by atoms with E-state index in [0.29, 0.717) is 11.3 Å². The molecule has 0 spiro atoms. The third-order valence-electron chi connectivity index (χ3n) is 3.90. The van der Waals surface area contributed by atoms with Gasteiger partial charge in [0.25, 0.3) is 5.91 Å². The number of rotatable bonds is 5. The summed E-state index contributed by atoms with van der Waals surface area (Å²) in [6.45, 7) is -6.28. The summed E-state index contributed by atoms with van der Waals surface area (Å²) in [5, 5.41) is 2.69. The molecule has 0 bridgehead atoms. The molecule has 0 fully saturated rings. The van der Waals surface area contributed by atoms with E-state index in [1.807, 2.05) is 0 Å². The Morgan fingerprint density at radius 3 is 2.42 bits per heavy atom. The Morgan fingerprint density at radius 1 is 1.04 bits per heavy atom. The zero-order valence-corrected chi connectivity index (χ0v) is 13.5. The van der Waals surface area contributed by atoms with Crippen molar-refractivity contribution < 1.29 is 31.8 Å². The molecular formula is C17H14F4N2O3. The first-order valence-electron chi connectivity index (χ1n) is 7.53. The van der Waals surface area contributed by atoms with Crippen LogP contribution in [0.3, 0.4) is 0 Å². The number of hydrogen-bond acceptors (Lipinski definition) is 4. The van der Waals surface area contributed by atoms with Crippen molar-refractivity contribution >= 4 is 11.6 Å². The van der Waals surface area contributed by atoms with Gasteiger partial charge in [-0.15, -0.1) is 0 Å². The van der Waals surface area contributed by atoms with Crippen LogP contribution in [0.4, 0.5) is 23.2 Å². The summed E-state index contributed by atoms with van der Waals surface area (Å²) in [6.07, 6.45) is -0.827. The van der Waals surface area contributed by atoms with Crippen molar-refractivity contribution in [1.82, 2.24) is 5.32 Å². The predicted octanol–water partition coefficient (Wildman–Crippen LogP) is 3.77. The van der Waals surface area contributed by atoms with Crippen molar-refractivity contribution in [3.63, 3.8) is 0 Å². The molecule has 1 unspecified atom stereocenters. The molecular weight excluding hydrogens is 356 g/mol. The van der Waals surface area contributed by atoms with Crippen LogP contribution in [0.1, 0.15) is 22.1 Å². The molecule has 1 heterocycles. The molecule has 26 heavy (non-hydrogen) atoms. The third-order valence-corrected chi connectivity index (χ3v) is 3.90. The molecule has 138 valence electrons. The first kappa shape index (κ1) is 17.8. The van der Waals surface area contributed by atoms with E-state index in [-0.39, 0.29) is 23.0 Å². The first-order valence-corrected chi connectivity index (χ1v) is 7.53. The zero-order chi connectivity index (χ0) is 18.8. The van der Waals surface area contributed by atoms with Crippen LogP contribution in [0.5, 0.6) is 11.5 Å². The number of carbonyl (C=O) groups excluding carboxylic acids is 1. The number of amides is 1. The lowest BCUT2D eigenvalue weighted by atomic mass is 10.0. The predicted molar refractivity (Wildman–Crippen MR) is 84.8 cm³/mol. The fourth-order valence-corrected chi connectivity index (χ4v) is 2.81. The van der Waals surface area contributed by atoms with Gasteiger partial charge in [0.15, 0.2) is 0 Å². The summed E-state index contributed by atoms with van der Waals surface area (Å²) in [5.41, 5.74) is 1.20.